The Morgan fingerprint density at radius 1 is 0.857 bits per heavy atom. The van der Waals surface area contributed by atoms with Crippen molar-refractivity contribution in [3.8, 4) is 5.69 Å². The zero-order valence-electron chi connectivity index (χ0n) is 16.9. The first kappa shape index (κ1) is 19.6. The lowest BCUT2D eigenvalue weighted by molar-refractivity contribution is 0.0318. The predicted octanol–water partition coefficient (Wildman–Crippen LogP) is 5.14. The van der Waals surface area contributed by atoms with E-state index >= 15 is 0 Å². The van der Waals surface area contributed by atoms with Gasteiger partial charge in [-0.25, -0.2) is 4.79 Å². The lowest BCUT2D eigenvalue weighted by atomic mass is 10.1. The lowest BCUT2D eigenvalue weighted by Crippen LogP contribution is -2.24. The summed E-state index contributed by atoms with van der Waals surface area (Å²) in [5.41, 5.74) is 5.98. The number of hydrogen-bond donors (Lipinski definition) is 0. The highest BCUT2D eigenvalue weighted by atomic mass is 16.5. The van der Waals surface area contributed by atoms with E-state index in [2.05, 4.69) is 0 Å². The van der Waals surface area contributed by atoms with Crippen molar-refractivity contribution in [2.24, 2.45) is 0 Å². The molecule has 0 unspecified atom stereocenters. The molecule has 0 N–H and O–H groups in total. The predicted molar refractivity (Wildman–Crippen MR) is 110 cm³/mol. The standard InChI is InChI=1S/C24H25NO3/c1-15-6-10-20(11-7-15)23(26)19(5)28-24(27)22-14-17(3)25(18(22)4)21-12-8-16(2)9-13-21/h6-14,19H,1-5H3/t19-/m1/s1. The normalized spacial score (nSPS) is 11.9. The molecule has 0 saturated heterocycles. The van der Waals surface area contributed by atoms with Crippen LogP contribution in [0, 0.1) is 27.7 Å². The van der Waals surface area contributed by atoms with Crippen LogP contribution in [0.5, 0.6) is 0 Å². The van der Waals surface area contributed by atoms with E-state index in [0.717, 1.165) is 22.6 Å². The van der Waals surface area contributed by atoms with Crippen molar-refractivity contribution in [1.29, 1.82) is 0 Å². The second-order valence-corrected chi connectivity index (χ2v) is 7.23. The first-order valence-electron chi connectivity index (χ1n) is 9.36. The minimum atomic E-state index is -0.849. The highest BCUT2D eigenvalue weighted by molar-refractivity contribution is 6.01. The van der Waals surface area contributed by atoms with Crippen LogP contribution in [0.15, 0.2) is 54.6 Å². The fraction of sp³-hybridized carbons (Fsp3) is 0.250. The first-order valence-corrected chi connectivity index (χ1v) is 9.36. The van der Waals surface area contributed by atoms with Crippen LogP contribution in [0.4, 0.5) is 0 Å². The maximum absolute atomic E-state index is 12.7. The van der Waals surface area contributed by atoms with E-state index in [1.165, 1.54) is 5.56 Å². The summed E-state index contributed by atoms with van der Waals surface area (Å²) in [6, 6.07) is 17.2. The van der Waals surface area contributed by atoms with Crippen molar-refractivity contribution in [2.75, 3.05) is 0 Å². The van der Waals surface area contributed by atoms with E-state index in [0.29, 0.717) is 11.1 Å². The second kappa shape index (κ2) is 7.85. The molecule has 0 aliphatic carbocycles. The van der Waals surface area contributed by atoms with Gasteiger partial charge < -0.3 is 9.30 Å². The zero-order chi connectivity index (χ0) is 20.4. The van der Waals surface area contributed by atoms with E-state index in [4.69, 9.17) is 4.74 Å². The molecule has 3 aromatic rings. The third-order valence-corrected chi connectivity index (χ3v) is 4.93. The van der Waals surface area contributed by atoms with Crippen molar-refractivity contribution in [1.82, 2.24) is 4.57 Å². The number of rotatable bonds is 5. The largest absolute Gasteiger partial charge is 0.451 e. The van der Waals surface area contributed by atoms with Gasteiger partial charge in [0, 0.05) is 22.6 Å². The van der Waals surface area contributed by atoms with Gasteiger partial charge in [0.15, 0.2) is 6.10 Å². The lowest BCUT2D eigenvalue weighted by Gasteiger charge is -2.13. The van der Waals surface area contributed by atoms with E-state index in [1.54, 1.807) is 25.1 Å². The number of esters is 1. The van der Waals surface area contributed by atoms with Crippen LogP contribution in [0.25, 0.3) is 5.69 Å². The number of aryl methyl sites for hydroxylation is 3. The maximum Gasteiger partial charge on any atom is 0.340 e. The Hall–Kier alpha value is -3.14. The minimum Gasteiger partial charge on any atom is -0.451 e. The van der Waals surface area contributed by atoms with Gasteiger partial charge in [0.2, 0.25) is 5.78 Å². The van der Waals surface area contributed by atoms with Gasteiger partial charge in [-0.3, -0.25) is 4.79 Å². The molecule has 3 rings (SSSR count). The quantitative estimate of drug-likeness (QED) is 0.458. The molecular weight excluding hydrogens is 350 g/mol. The van der Waals surface area contributed by atoms with Gasteiger partial charge in [-0.05, 0) is 52.8 Å². The topological polar surface area (TPSA) is 48.3 Å². The highest BCUT2D eigenvalue weighted by Crippen LogP contribution is 2.22. The minimum absolute atomic E-state index is 0.208. The Balaban J connectivity index is 1.81. The molecule has 1 atom stereocenters. The summed E-state index contributed by atoms with van der Waals surface area (Å²) < 4.78 is 7.50. The number of Topliss-reactive ketones (excluding diaryl/α,β-unsaturated/α-hetero) is 1. The monoisotopic (exact) mass is 375 g/mol. The number of carbonyl (C=O) groups is 2. The third kappa shape index (κ3) is 3.91. The molecule has 1 heterocycles. The molecule has 0 amide bonds. The van der Waals surface area contributed by atoms with Crippen LogP contribution in [-0.2, 0) is 4.74 Å². The Labute approximate surface area is 165 Å². The molecule has 0 radical (unpaired) electrons. The van der Waals surface area contributed by atoms with E-state index < -0.39 is 12.1 Å². The maximum atomic E-state index is 12.7. The van der Waals surface area contributed by atoms with Gasteiger partial charge in [-0.1, -0.05) is 47.5 Å². The number of carbonyl (C=O) groups excluding carboxylic acids is 2. The van der Waals surface area contributed by atoms with Crippen LogP contribution < -0.4 is 0 Å². The van der Waals surface area contributed by atoms with E-state index in [9.17, 15) is 9.59 Å². The fourth-order valence-corrected chi connectivity index (χ4v) is 3.29. The molecule has 2 aromatic carbocycles. The van der Waals surface area contributed by atoms with Gasteiger partial charge in [-0.2, -0.15) is 0 Å². The molecule has 4 nitrogen and oxygen atoms in total. The SMILES string of the molecule is Cc1ccc(C(=O)[C@@H](C)OC(=O)c2cc(C)n(-c3ccc(C)cc3)c2C)cc1. The Morgan fingerprint density at radius 2 is 1.39 bits per heavy atom. The average molecular weight is 375 g/mol. The molecular formula is C24H25NO3. The molecule has 4 heteroatoms. The Kier molecular flexibility index (Phi) is 5.50. The third-order valence-electron chi connectivity index (χ3n) is 4.93. The molecule has 0 fully saturated rings. The van der Waals surface area contributed by atoms with Crippen molar-refractivity contribution in [3.63, 3.8) is 0 Å². The van der Waals surface area contributed by atoms with Crippen LogP contribution in [0.1, 0.15) is 50.2 Å². The second-order valence-electron chi connectivity index (χ2n) is 7.23. The van der Waals surface area contributed by atoms with Crippen molar-refractivity contribution in [3.05, 3.63) is 88.2 Å². The number of nitrogens with zero attached hydrogens (tertiary/aromatic N) is 1. The average Bonchev–Trinajstić information content (AvgIpc) is 2.97. The van der Waals surface area contributed by atoms with Gasteiger partial charge in [0.05, 0.1) is 5.56 Å². The Bertz CT molecular complexity index is 1010. The molecule has 0 spiro atoms. The van der Waals surface area contributed by atoms with Crippen molar-refractivity contribution in [2.45, 2.75) is 40.7 Å². The summed E-state index contributed by atoms with van der Waals surface area (Å²) in [6.07, 6.45) is -0.849. The molecule has 0 aliphatic heterocycles. The molecule has 0 saturated carbocycles. The van der Waals surface area contributed by atoms with Gasteiger partial charge in [-0.15, -0.1) is 0 Å². The van der Waals surface area contributed by atoms with Crippen molar-refractivity contribution < 1.29 is 14.3 Å². The first-order chi connectivity index (χ1) is 13.3. The van der Waals surface area contributed by atoms with Crippen molar-refractivity contribution >= 4 is 11.8 Å². The zero-order valence-corrected chi connectivity index (χ0v) is 16.9. The van der Waals surface area contributed by atoms with Gasteiger partial charge >= 0.3 is 5.97 Å². The summed E-state index contributed by atoms with van der Waals surface area (Å²) in [7, 11) is 0. The highest BCUT2D eigenvalue weighted by Gasteiger charge is 2.23. The summed E-state index contributed by atoms with van der Waals surface area (Å²) >= 11 is 0. The van der Waals surface area contributed by atoms with Crippen LogP contribution >= 0.6 is 0 Å². The summed E-state index contributed by atoms with van der Waals surface area (Å²) in [6.45, 7) is 9.44. The number of benzene rings is 2. The van der Waals surface area contributed by atoms with E-state index in [1.807, 2.05) is 68.7 Å². The molecule has 1 aromatic heterocycles. The molecule has 0 aliphatic rings. The fourth-order valence-electron chi connectivity index (χ4n) is 3.29. The Morgan fingerprint density at radius 3 is 1.96 bits per heavy atom. The number of aromatic nitrogens is 1. The van der Waals surface area contributed by atoms with E-state index in [-0.39, 0.29) is 5.78 Å². The van der Waals surface area contributed by atoms with Gasteiger partial charge in [0.25, 0.3) is 0 Å². The smallest absolute Gasteiger partial charge is 0.340 e. The molecule has 144 valence electrons. The van der Waals surface area contributed by atoms with Gasteiger partial charge in [0.1, 0.15) is 0 Å². The van der Waals surface area contributed by atoms with Crippen LogP contribution in [0.3, 0.4) is 0 Å². The summed E-state index contributed by atoms with van der Waals surface area (Å²) in [4.78, 5) is 25.3. The molecule has 28 heavy (non-hydrogen) atoms. The molecule has 0 bridgehead atoms. The van der Waals surface area contributed by atoms with Crippen LogP contribution in [0.2, 0.25) is 0 Å². The summed E-state index contributed by atoms with van der Waals surface area (Å²) in [5.74, 6) is -0.694. The number of hydrogen-bond acceptors (Lipinski definition) is 3. The summed E-state index contributed by atoms with van der Waals surface area (Å²) in [5, 5.41) is 0. The number of ketones is 1. The number of ether oxygens (including phenoxy) is 1. The van der Waals surface area contributed by atoms with Crippen LogP contribution in [-0.4, -0.2) is 22.4 Å².